The molecular weight excluding hydrogens is 835 g/mol. The molecule has 0 bridgehead atoms. The zero-order valence-electron chi connectivity index (χ0n) is 39.0. The van der Waals surface area contributed by atoms with Crippen molar-refractivity contribution >= 4 is 46.6 Å². The molecule has 8 rings (SSSR count). The maximum atomic E-state index is 13.5. The van der Waals surface area contributed by atoms with E-state index in [1.165, 1.54) is 37.5 Å². The summed E-state index contributed by atoms with van der Waals surface area (Å²) in [5, 5.41) is 0. The van der Waals surface area contributed by atoms with Gasteiger partial charge in [0.15, 0.2) is 5.78 Å². The Morgan fingerprint density at radius 1 is 0.530 bits per heavy atom. The maximum absolute atomic E-state index is 13.5. The van der Waals surface area contributed by atoms with Crippen molar-refractivity contribution in [1.29, 1.82) is 0 Å². The standard InChI is InChI=1S/C25H34N6O2.C25H33N5O3/c1-28-13-15-29(16-14-28)22-7-9-23(10-8-22)31(25(33)30-11-3-2-4-12-30)19-21-6-5-20(18-27-21)24(32)17-26;1-27-14-16-28(17-15-27)22-8-10-23(11-9-22)30(25(32)29-12-4-3-5-13-29)19-21-7-6-20(18-26-21)24(31)33-2/h5-10,18H,2-4,11-17,19,26H2,1H3;6-11,18H,3-5,12-17,19H2,1-2H3. The molecule has 2 aromatic heterocycles. The fourth-order valence-corrected chi connectivity index (χ4v) is 8.75. The molecule has 4 saturated heterocycles. The van der Waals surface area contributed by atoms with Crippen LogP contribution < -0.4 is 25.3 Å². The number of piperazine rings is 2. The molecule has 2 N–H and O–H groups in total. The molecule has 0 saturated carbocycles. The van der Waals surface area contributed by atoms with E-state index >= 15 is 0 Å². The lowest BCUT2D eigenvalue weighted by atomic mass is 10.1. The van der Waals surface area contributed by atoms with Crippen molar-refractivity contribution in [1.82, 2.24) is 29.6 Å². The Bertz CT molecular complexity index is 2020. The summed E-state index contributed by atoms with van der Waals surface area (Å²) in [4.78, 5) is 76.3. The maximum Gasteiger partial charge on any atom is 0.339 e. The van der Waals surface area contributed by atoms with Crippen LogP contribution in [0.4, 0.5) is 32.3 Å². The zero-order chi connectivity index (χ0) is 46.4. The van der Waals surface area contributed by atoms with E-state index in [9.17, 15) is 19.2 Å². The van der Waals surface area contributed by atoms with Gasteiger partial charge in [0.1, 0.15) is 0 Å². The summed E-state index contributed by atoms with van der Waals surface area (Å²) in [6.45, 7) is 12.0. The van der Waals surface area contributed by atoms with Gasteiger partial charge in [-0.1, -0.05) is 0 Å². The number of pyridine rings is 2. The third-order valence-electron chi connectivity index (χ3n) is 13.0. The molecule has 0 aliphatic carbocycles. The minimum absolute atomic E-state index is 0.000826. The van der Waals surface area contributed by atoms with Gasteiger partial charge in [-0.2, -0.15) is 0 Å². The van der Waals surface area contributed by atoms with Gasteiger partial charge < -0.3 is 39.9 Å². The number of nitrogens with zero attached hydrogens (tertiary/aromatic N) is 10. The van der Waals surface area contributed by atoms with E-state index in [0.717, 1.165) is 127 Å². The molecule has 4 amide bonds. The molecule has 4 aromatic rings. The lowest BCUT2D eigenvalue weighted by Crippen LogP contribution is -2.45. The van der Waals surface area contributed by atoms with Crippen LogP contribution in [0.2, 0.25) is 0 Å². The number of benzene rings is 2. The lowest BCUT2D eigenvalue weighted by molar-refractivity contribution is 0.0600. The van der Waals surface area contributed by atoms with Gasteiger partial charge in [-0.05, 0) is 125 Å². The van der Waals surface area contributed by atoms with Crippen LogP contribution in [-0.4, -0.2) is 160 Å². The predicted molar refractivity (Wildman–Crippen MR) is 260 cm³/mol. The van der Waals surface area contributed by atoms with E-state index in [2.05, 4.69) is 67.9 Å². The Morgan fingerprint density at radius 3 is 1.27 bits per heavy atom. The second-order valence-corrected chi connectivity index (χ2v) is 17.6. The number of likely N-dealkylation sites (tertiary alicyclic amines) is 2. The Labute approximate surface area is 389 Å². The van der Waals surface area contributed by atoms with Crippen molar-refractivity contribution in [2.24, 2.45) is 5.73 Å². The summed E-state index contributed by atoms with van der Waals surface area (Å²) in [6, 6.07) is 23.5. The van der Waals surface area contributed by atoms with E-state index in [-0.39, 0.29) is 24.4 Å². The fraction of sp³-hybridized carbons (Fsp3) is 0.480. The normalized spacial score (nSPS) is 17.1. The number of rotatable bonds is 11. The number of piperidine rings is 2. The van der Waals surface area contributed by atoms with Crippen LogP contribution in [0.1, 0.15) is 70.6 Å². The second-order valence-electron chi connectivity index (χ2n) is 17.6. The van der Waals surface area contributed by atoms with Crippen molar-refractivity contribution in [3.8, 4) is 0 Å². The molecule has 2 aromatic carbocycles. The van der Waals surface area contributed by atoms with Gasteiger partial charge in [-0.15, -0.1) is 0 Å². The summed E-state index contributed by atoms with van der Waals surface area (Å²) in [5.74, 6) is -0.565. The Morgan fingerprint density at radius 2 is 0.924 bits per heavy atom. The number of esters is 1. The monoisotopic (exact) mass is 902 g/mol. The highest BCUT2D eigenvalue weighted by atomic mass is 16.5. The van der Waals surface area contributed by atoms with Gasteiger partial charge in [0.25, 0.3) is 0 Å². The summed E-state index contributed by atoms with van der Waals surface area (Å²) in [7, 11) is 5.65. The van der Waals surface area contributed by atoms with Crippen molar-refractivity contribution in [2.45, 2.75) is 51.6 Å². The number of Topliss-reactive ketones (excluding diaryl/α,β-unsaturated/α-hetero) is 1. The number of urea groups is 2. The Hall–Kier alpha value is -6.10. The lowest BCUT2D eigenvalue weighted by Gasteiger charge is -2.35. The summed E-state index contributed by atoms with van der Waals surface area (Å²) < 4.78 is 4.75. The van der Waals surface area contributed by atoms with Crippen LogP contribution in [0.15, 0.2) is 85.2 Å². The van der Waals surface area contributed by atoms with Crippen LogP contribution in [0, 0.1) is 0 Å². The first kappa shape index (κ1) is 47.9. The summed E-state index contributed by atoms with van der Waals surface area (Å²) >= 11 is 0. The zero-order valence-corrected chi connectivity index (χ0v) is 39.0. The number of aromatic nitrogens is 2. The van der Waals surface area contributed by atoms with Gasteiger partial charge in [-0.3, -0.25) is 24.6 Å². The van der Waals surface area contributed by atoms with Crippen LogP contribution in [0.3, 0.4) is 0 Å². The highest BCUT2D eigenvalue weighted by Gasteiger charge is 2.27. The second kappa shape index (κ2) is 23.4. The van der Waals surface area contributed by atoms with Gasteiger partial charge in [0, 0.05) is 119 Å². The molecule has 16 heteroatoms. The number of hydrogen-bond donors (Lipinski definition) is 1. The first-order valence-corrected chi connectivity index (χ1v) is 23.5. The summed E-state index contributed by atoms with van der Waals surface area (Å²) in [5.41, 5.74) is 11.9. The number of likely N-dealkylation sites (N-methyl/N-ethyl adjacent to an activating group) is 2. The molecule has 6 heterocycles. The first-order valence-electron chi connectivity index (χ1n) is 23.5. The molecule has 0 radical (unpaired) electrons. The Balaban J connectivity index is 0.000000196. The molecule has 352 valence electrons. The average molecular weight is 902 g/mol. The van der Waals surface area contributed by atoms with Crippen LogP contribution >= 0.6 is 0 Å². The van der Waals surface area contributed by atoms with E-state index in [4.69, 9.17) is 10.5 Å². The number of ether oxygens (including phenoxy) is 1. The van der Waals surface area contributed by atoms with Gasteiger partial charge >= 0.3 is 18.0 Å². The third-order valence-corrected chi connectivity index (χ3v) is 13.0. The van der Waals surface area contributed by atoms with Crippen molar-refractivity contribution in [3.63, 3.8) is 0 Å². The van der Waals surface area contributed by atoms with E-state index in [1.54, 1.807) is 40.3 Å². The number of methoxy groups -OCH3 is 1. The molecule has 4 fully saturated rings. The minimum Gasteiger partial charge on any atom is -0.465 e. The highest BCUT2D eigenvalue weighted by molar-refractivity contribution is 5.97. The molecule has 0 atom stereocenters. The molecule has 16 nitrogen and oxygen atoms in total. The number of carbonyl (C=O) groups is 4. The van der Waals surface area contributed by atoms with Crippen LogP contribution in [-0.2, 0) is 17.8 Å². The first-order chi connectivity index (χ1) is 32.1. The number of carbonyl (C=O) groups excluding carboxylic acids is 4. The SMILES string of the molecule is CN1CCN(c2ccc(N(Cc3ccc(C(=O)CN)cn3)C(=O)N3CCCCC3)cc2)CC1.COC(=O)c1ccc(CN(C(=O)N2CCCCC2)c2ccc(N3CCN(C)CC3)cc2)nc1. The number of nitrogens with two attached hydrogens (primary N) is 1. The van der Waals surface area contributed by atoms with Gasteiger partial charge in [0.2, 0.25) is 0 Å². The predicted octanol–water partition coefficient (Wildman–Crippen LogP) is 5.82. The number of ketones is 1. The van der Waals surface area contributed by atoms with Crippen LogP contribution in [0.5, 0.6) is 0 Å². The minimum atomic E-state index is -0.421. The quantitative estimate of drug-likeness (QED) is 0.143. The fourth-order valence-electron chi connectivity index (χ4n) is 8.75. The van der Waals surface area contributed by atoms with E-state index < -0.39 is 5.97 Å². The highest BCUT2D eigenvalue weighted by Crippen LogP contribution is 2.27. The van der Waals surface area contributed by atoms with E-state index in [1.807, 2.05) is 34.1 Å². The number of amides is 4. The summed E-state index contributed by atoms with van der Waals surface area (Å²) in [6.07, 6.45) is 9.53. The molecule has 66 heavy (non-hydrogen) atoms. The number of hydrogen-bond acceptors (Lipinski definition) is 12. The molecule has 0 unspecified atom stereocenters. The molecule has 4 aliphatic heterocycles. The molecule has 4 aliphatic rings. The number of anilines is 4. The van der Waals surface area contributed by atoms with Gasteiger partial charge in [-0.25, -0.2) is 14.4 Å². The Kier molecular flexibility index (Phi) is 17.0. The van der Waals surface area contributed by atoms with Gasteiger partial charge in [0.05, 0.1) is 43.7 Å². The molecular formula is C50H67N11O5. The largest absolute Gasteiger partial charge is 0.465 e. The average Bonchev–Trinajstić information content (AvgIpc) is 3.38. The third kappa shape index (κ3) is 12.6. The topological polar surface area (TPSA) is 155 Å². The van der Waals surface area contributed by atoms with Crippen LogP contribution in [0.25, 0.3) is 0 Å². The van der Waals surface area contributed by atoms with Crippen molar-refractivity contribution in [3.05, 3.63) is 108 Å². The van der Waals surface area contributed by atoms with E-state index in [0.29, 0.717) is 24.2 Å². The van der Waals surface area contributed by atoms with Crippen molar-refractivity contribution in [2.75, 3.05) is 126 Å². The smallest absolute Gasteiger partial charge is 0.339 e. The van der Waals surface area contributed by atoms with Crippen molar-refractivity contribution < 1.29 is 23.9 Å². The molecule has 0 spiro atoms.